The van der Waals surface area contributed by atoms with Crippen LogP contribution in [0.3, 0.4) is 0 Å². The molecule has 2 N–H and O–H groups in total. The van der Waals surface area contributed by atoms with Crippen LogP contribution in [0, 0.1) is 6.92 Å². The van der Waals surface area contributed by atoms with E-state index in [2.05, 4.69) is 17.0 Å². The Morgan fingerprint density at radius 3 is 2.90 bits per heavy atom. The molecule has 0 bridgehead atoms. The van der Waals surface area contributed by atoms with Gasteiger partial charge in [0.1, 0.15) is 0 Å². The van der Waals surface area contributed by atoms with Gasteiger partial charge in [-0.15, -0.1) is 0 Å². The van der Waals surface area contributed by atoms with Crippen molar-refractivity contribution in [3.63, 3.8) is 0 Å². The van der Waals surface area contributed by atoms with Crippen molar-refractivity contribution in [2.24, 2.45) is 0 Å². The van der Waals surface area contributed by atoms with E-state index in [1.807, 2.05) is 0 Å². The topological polar surface area (TPSA) is 41.1 Å². The van der Waals surface area contributed by atoms with Crippen LogP contribution in [-0.2, 0) is 0 Å². The lowest BCUT2D eigenvalue weighted by Gasteiger charge is -2.02. The van der Waals surface area contributed by atoms with Crippen molar-refractivity contribution in [2.45, 2.75) is 12.8 Å². The summed E-state index contributed by atoms with van der Waals surface area (Å²) in [5.41, 5.74) is 0. The van der Waals surface area contributed by atoms with Crippen LogP contribution in [0.4, 0.5) is 4.79 Å². The van der Waals surface area contributed by atoms with Gasteiger partial charge in [0.15, 0.2) is 0 Å². The molecule has 0 rings (SSSR count). The van der Waals surface area contributed by atoms with Crippen LogP contribution in [0.25, 0.3) is 0 Å². The van der Waals surface area contributed by atoms with E-state index >= 15 is 0 Å². The second-order valence-corrected chi connectivity index (χ2v) is 2.38. The predicted octanol–water partition coefficient (Wildman–Crippen LogP) is 1.18. The molecule has 4 heteroatoms. The van der Waals surface area contributed by atoms with Gasteiger partial charge >= 0.3 is 6.03 Å². The lowest BCUT2D eigenvalue weighted by molar-refractivity contribution is 0.246. The summed E-state index contributed by atoms with van der Waals surface area (Å²) in [6, 6.07) is -0.124. The fourth-order valence-corrected chi connectivity index (χ4v) is 0.713. The lowest BCUT2D eigenvalue weighted by Crippen LogP contribution is -2.31. The van der Waals surface area contributed by atoms with Crippen molar-refractivity contribution in [3.05, 3.63) is 6.92 Å². The highest BCUT2D eigenvalue weighted by Gasteiger charge is 1.93. The van der Waals surface area contributed by atoms with E-state index < -0.39 is 0 Å². The molecule has 3 nitrogen and oxygen atoms in total. The van der Waals surface area contributed by atoms with Gasteiger partial charge < -0.3 is 5.32 Å². The molecule has 0 aromatic carbocycles. The Balaban J connectivity index is 3.05. The predicted molar refractivity (Wildman–Crippen MR) is 44.6 cm³/mol. The largest absolute Gasteiger partial charge is 0.337 e. The van der Waals surface area contributed by atoms with E-state index in [1.165, 1.54) is 11.9 Å². The van der Waals surface area contributed by atoms with Crippen LogP contribution < -0.4 is 10.0 Å². The Labute approximate surface area is 66.1 Å². The molecule has 0 aliphatic rings. The quantitative estimate of drug-likeness (QED) is 0.480. The highest BCUT2D eigenvalue weighted by molar-refractivity contribution is 7.97. The van der Waals surface area contributed by atoms with E-state index in [4.69, 9.17) is 0 Å². The molecular formula is C6H13N2OS. The van der Waals surface area contributed by atoms with Gasteiger partial charge in [0.05, 0.1) is 0 Å². The summed E-state index contributed by atoms with van der Waals surface area (Å²) in [6.07, 6.45) is 3.60. The van der Waals surface area contributed by atoms with Crippen LogP contribution >= 0.6 is 11.9 Å². The highest BCUT2D eigenvalue weighted by atomic mass is 32.2. The molecule has 59 valence electrons. The summed E-state index contributed by atoms with van der Waals surface area (Å²) in [5.74, 6) is 0. The van der Waals surface area contributed by atoms with Gasteiger partial charge in [-0.1, -0.05) is 25.3 Å². The molecule has 0 aliphatic carbocycles. The maximum Gasteiger partial charge on any atom is 0.324 e. The molecule has 0 unspecified atom stereocenters. The number of carbonyl (C=O) groups is 1. The Morgan fingerprint density at radius 2 is 2.40 bits per heavy atom. The normalized spacial score (nSPS) is 9.00. The minimum atomic E-state index is -0.124. The van der Waals surface area contributed by atoms with Crippen molar-refractivity contribution in [1.82, 2.24) is 10.0 Å². The number of urea groups is 1. The van der Waals surface area contributed by atoms with Crippen LogP contribution in [-0.4, -0.2) is 18.8 Å². The molecule has 0 saturated carbocycles. The zero-order valence-corrected chi connectivity index (χ0v) is 6.96. The SMILES string of the molecule is [CH2]CCCNC(=O)NSC. The number of hydrogen-bond donors (Lipinski definition) is 2. The summed E-state index contributed by atoms with van der Waals surface area (Å²) in [6.45, 7) is 4.36. The van der Waals surface area contributed by atoms with Gasteiger partial charge in [-0.25, -0.2) is 4.79 Å². The van der Waals surface area contributed by atoms with Gasteiger partial charge in [0.25, 0.3) is 0 Å². The van der Waals surface area contributed by atoms with Crippen molar-refractivity contribution in [3.8, 4) is 0 Å². The first kappa shape index (κ1) is 9.62. The van der Waals surface area contributed by atoms with E-state index in [0.717, 1.165) is 12.8 Å². The maximum absolute atomic E-state index is 10.7. The van der Waals surface area contributed by atoms with Crippen LogP contribution in [0.2, 0.25) is 0 Å². The second-order valence-electron chi connectivity index (χ2n) is 1.77. The summed E-state index contributed by atoms with van der Waals surface area (Å²) in [4.78, 5) is 10.7. The van der Waals surface area contributed by atoms with Crippen LogP contribution in [0.1, 0.15) is 12.8 Å². The minimum Gasteiger partial charge on any atom is -0.337 e. The molecule has 0 spiro atoms. The summed E-state index contributed by atoms with van der Waals surface area (Å²) in [7, 11) is 0. The number of hydrogen-bond acceptors (Lipinski definition) is 2. The first-order valence-electron chi connectivity index (χ1n) is 3.17. The molecular weight excluding hydrogens is 148 g/mol. The van der Waals surface area contributed by atoms with Crippen molar-refractivity contribution in [1.29, 1.82) is 0 Å². The molecule has 0 aromatic rings. The Hall–Kier alpha value is -0.380. The molecule has 0 fully saturated rings. The molecule has 0 atom stereocenters. The number of amides is 2. The van der Waals surface area contributed by atoms with Gasteiger partial charge in [0, 0.05) is 12.8 Å². The summed E-state index contributed by atoms with van der Waals surface area (Å²) in [5, 5.41) is 2.67. The molecule has 10 heavy (non-hydrogen) atoms. The third-order valence-corrected chi connectivity index (χ3v) is 1.30. The monoisotopic (exact) mass is 161 g/mol. The smallest absolute Gasteiger partial charge is 0.324 e. The Morgan fingerprint density at radius 1 is 1.70 bits per heavy atom. The van der Waals surface area contributed by atoms with E-state index in [0.29, 0.717) is 6.54 Å². The fraction of sp³-hybridized carbons (Fsp3) is 0.667. The third-order valence-electron chi connectivity index (χ3n) is 0.907. The number of rotatable bonds is 4. The van der Waals surface area contributed by atoms with Crippen LogP contribution in [0.5, 0.6) is 0 Å². The Kier molecular flexibility index (Phi) is 6.48. The lowest BCUT2D eigenvalue weighted by atomic mass is 10.3. The minimum absolute atomic E-state index is 0.124. The number of nitrogens with one attached hydrogen (secondary N) is 2. The number of carbonyl (C=O) groups excluding carboxylic acids is 1. The van der Waals surface area contributed by atoms with Gasteiger partial charge in [-0.2, -0.15) is 0 Å². The maximum atomic E-state index is 10.7. The zero-order chi connectivity index (χ0) is 7.82. The Bertz CT molecular complexity index is 97.7. The first-order valence-corrected chi connectivity index (χ1v) is 4.39. The molecule has 1 radical (unpaired) electrons. The second kappa shape index (κ2) is 6.74. The van der Waals surface area contributed by atoms with Gasteiger partial charge in [-0.05, 0) is 6.42 Å². The molecule has 2 amide bonds. The van der Waals surface area contributed by atoms with Crippen molar-refractivity contribution < 1.29 is 4.79 Å². The van der Waals surface area contributed by atoms with Crippen molar-refractivity contribution >= 4 is 18.0 Å². The number of unbranched alkanes of at least 4 members (excludes halogenated alkanes) is 1. The van der Waals surface area contributed by atoms with Gasteiger partial charge in [-0.3, -0.25) is 4.72 Å². The van der Waals surface area contributed by atoms with Gasteiger partial charge in [0.2, 0.25) is 0 Å². The molecule has 0 aliphatic heterocycles. The van der Waals surface area contributed by atoms with Crippen molar-refractivity contribution in [2.75, 3.05) is 12.8 Å². The molecule has 0 saturated heterocycles. The highest BCUT2D eigenvalue weighted by Crippen LogP contribution is 1.84. The summed E-state index contributed by atoms with van der Waals surface area (Å²) >= 11 is 1.29. The van der Waals surface area contributed by atoms with E-state index in [-0.39, 0.29) is 6.03 Å². The molecule has 0 heterocycles. The average Bonchev–Trinajstić information content (AvgIpc) is 1.89. The summed E-state index contributed by atoms with van der Waals surface area (Å²) < 4.78 is 2.55. The van der Waals surface area contributed by atoms with E-state index in [1.54, 1.807) is 6.26 Å². The standard InChI is InChI=1S/C6H13N2OS/c1-3-4-5-7-6(9)8-10-2/h1,3-5H2,2H3,(H2,7,8,9). The molecule has 0 aromatic heterocycles. The van der Waals surface area contributed by atoms with E-state index in [9.17, 15) is 4.79 Å². The third kappa shape index (κ3) is 5.75. The van der Waals surface area contributed by atoms with Crippen LogP contribution in [0.15, 0.2) is 0 Å². The fourth-order valence-electron chi connectivity index (χ4n) is 0.456. The first-order chi connectivity index (χ1) is 4.81. The zero-order valence-electron chi connectivity index (χ0n) is 6.14. The average molecular weight is 161 g/mol.